The molecule has 142 valence electrons. The highest BCUT2D eigenvalue weighted by Crippen LogP contribution is 2.45. The van der Waals surface area contributed by atoms with E-state index in [9.17, 15) is 9.59 Å². The van der Waals surface area contributed by atoms with Gasteiger partial charge in [-0.05, 0) is 57.1 Å². The molecule has 4 nitrogen and oxygen atoms in total. The first-order valence-corrected chi connectivity index (χ1v) is 10.2. The Morgan fingerprint density at radius 2 is 1.81 bits per heavy atom. The van der Waals surface area contributed by atoms with Crippen molar-refractivity contribution in [2.45, 2.75) is 58.8 Å². The summed E-state index contributed by atoms with van der Waals surface area (Å²) < 4.78 is 0. The Kier molecular flexibility index (Phi) is 4.90. The lowest BCUT2D eigenvalue weighted by atomic mass is 9.71. The molecule has 2 N–H and O–H groups in total. The Hall–Kier alpha value is -2.36. The number of allylic oxidation sites excluding steroid dienone is 3. The van der Waals surface area contributed by atoms with Crippen LogP contribution in [0, 0.1) is 18.8 Å². The molecule has 1 fully saturated rings. The number of anilines is 1. The van der Waals surface area contributed by atoms with Gasteiger partial charge in [0.05, 0.1) is 0 Å². The van der Waals surface area contributed by atoms with Gasteiger partial charge < -0.3 is 10.6 Å². The number of carbonyl (C=O) groups excluding carboxylic acids is 2. The van der Waals surface area contributed by atoms with Gasteiger partial charge >= 0.3 is 0 Å². The number of hydrogen-bond acceptors (Lipinski definition) is 3. The molecule has 0 radical (unpaired) electrons. The Morgan fingerprint density at radius 1 is 1.07 bits per heavy atom. The van der Waals surface area contributed by atoms with Crippen LogP contribution in [0.25, 0.3) is 0 Å². The minimum Gasteiger partial charge on any atom is -0.362 e. The summed E-state index contributed by atoms with van der Waals surface area (Å²) in [7, 11) is 0. The fourth-order valence-corrected chi connectivity index (χ4v) is 5.00. The van der Waals surface area contributed by atoms with Crippen molar-refractivity contribution in [3.8, 4) is 0 Å². The van der Waals surface area contributed by atoms with E-state index in [2.05, 4.69) is 10.6 Å². The average molecular weight is 364 g/mol. The molecule has 3 aliphatic rings. The fraction of sp³-hybridized carbons (Fsp3) is 0.478. The molecule has 27 heavy (non-hydrogen) atoms. The number of amides is 1. The maximum Gasteiger partial charge on any atom is 0.253 e. The highest BCUT2D eigenvalue weighted by molar-refractivity contribution is 6.08. The largest absolute Gasteiger partial charge is 0.362 e. The topological polar surface area (TPSA) is 58.2 Å². The number of para-hydroxylation sites is 1. The lowest BCUT2D eigenvalue weighted by Gasteiger charge is -2.37. The first-order chi connectivity index (χ1) is 13.1. The summed E-state index contributed by atoms with van der Waals surface area (Å²) in [6.07, 6.45) is 7.00. The van der Waals surface area contributed by atoms with Crippen molar-refractivity contribution in [2.75, 3.05) is 5.32 Å². The molecule has 0 aromatic heterocycles. The maximum atomic E-state index is 13.3. The number of carbonyl (C=O) groups is 2. The molecule has 1 saturated carbocycles. The van der Waals surface area contributed by atoms with Crippen LogP contribution < -0.4 is 10.6 Å². The van der Waals surface area contributed by atoms with Crippen molar-refractivity contribution in [2.24, 2.45) is 11.8 Å². The highest BCUT2D eigenvalue weighted by Gasteiger charge is 2.42. The third kappa shape index (κ3) is 3.33. The lowest BCUT2D eigenvalue weighted by Crippen LogP contribution is -2.39. The second-order valence-corrected chi connectivity index (χ2v) is 8.12. The van der Waals surface area contributed by atoms with E-state index in [-0.39, 0.29) is 17.6 Å². The SMILES string of the molecule is CC1=C(C(=O)Nc2ccccc2C)C(C2CCCC2)C2=C(CCCC2=O)N1. The van der Waals surface area contributed by atoms with E-state index in [0.717, 1.165) is 59.5 Å². The summed E-state index contributed by atoms with van der Waals surface area (Å²) >= 11 is 0. The van der Waals surface area contributed by atoms with Crippen molar-refractivity contribution in [3.05, 3.63) is 52.4 Å². The van der Waals surface area contributed by atoms with E-state index in [1.807, 2.05) is 38.1 Å². The van der Waals surface area contributed by atoms with Gasteiger partial charge in [-0.1, -0.05) is 31.0 Å². The van der Waals surface area contributed by atoms with Crippen LogP contribution in [0.5, 0.6) is 0 Å². The number of dihydropyridines is 1. The number of hydrogen-bond donors (Lipinski definition) is 2. The quantitative estimate of drug-likeness (QED) is 0.822. The van der Waals surface area contributed by atoms with E-state index in [1.54, 1.807) is 0 Å². The monoisotopic (exact) mass is 364 g/mol. The van der Waals surface area contributed by atoms with Gasteiger partial charge in [0.1, 0.15) is 0 Å². The van der Waals surface area contributed by atoms with Gasteiger partial charge in [-0.15, -0.1) is 0 Å². The Bertz CT molecular complexity index is 844. The molecule has 0 bridgehead atoms. The number of ketones is 1. The van der Waals surface area contributed by atoms with Crippen LogP contribution in [0.3, 0.4) is 0 Å². The minimum atomic E-state index is -0.0730. The molecule has 1 heterocycles. The molecular formula is C23H28N2O2. The Labute approximate surface area is 161 Å². The van der Waals surface area contributed by atoms with E-state index in [1.165, 1.54) is 12.8 Å². The normalized spacial score (nSPS) is 23.3. The van der Waals surface area contributed by atoms with Crippen molar-refractivity contribution in [1.82, 2.24) is 5.32 Å². The van der Waals surface area contributed by atoms with Gasteiger partial charge in [0.2, 0.25) is 0 Å². The van der Waals surface area contributed by atoms with Crippen LogP contribution in [-0.2, 0) is 9.59 Å². The van der Waals surface area contributed by atoms with Gasteiger partial charge in [0.25, 0.3) is 5.91 Å². The molecule has 1 atom stereocenters. The van der Waals surface area contributed by atoms with Gasteiger partial charge in [-0.3, -0.25) is 9.59 Å². The van der Waals surface area contributed by atoms with Gasteiger partial charge in [0.15, 0.2) is 5.78 Å². The molecular weight excluding hydrogens is 336 g/mol. The number of aryl methyl sites for hydroxylation is 1. The summed E-state index contributed by atoms with van der Waals surface area (Å²) in [6.45, 7) is 3.98. The van der Waals surface area contributed by atoms with Crippen LogP contribution >= 0.6 is 0 Å². The molecule has 2 aliphatic carbocycles. The van der Waals surface area contributed by atoms with Gasteiger partial charge in [-0.2, -0.15) is 0 Å². The highest BCUT2D eigenvalue weighted by atomic mass is 16.2. The second-order valence-electron chi connectivity index (χ2n) is 8.12. The molecule has 4 rings (SSSR count). The van der Waals surface area contributed by atoms with Crippen molar-refractivity contribution in [1.29, 1.82) is 0 Å². The van der Waals surface area contributed by atoms with Crippen LogP contribution in [0.1, 0.15) is 57.4 Å². The summed E-state index contributed by atoms with van der Waals surface area (Å²) in [6, 6.07) is 7.83. The van der Waals surface area contributed by atoms with Crippen molar-refractivity contribution < 1.29 is 9.59 Å². The fourth-order valence-electron chi connectivity index (χ4n) is 5.00. The molecule has 1 aromatic carbocycles. The molecule has 0 spiro atoms. The van der Waals surface area contributed by atoms with Gasteiger partial charge in [0, 0.05) is 40.6 Å². The standard InChI is InChI=1S/C23H28N2O2/c1-14-8-3-6-11-17(14)25-23(27)20-15(2)24-18-12-7-13-19(26)22(18)21(20)16-9-4-5-10-16/h3,6,8,11,16,21,24H,4-5,7,9-10,12-13H2,1-2H3,(H,25,27). The van der Waals surface area contributed by atoms with E-state index in [0.29, 0.717) is 12.3 Å². The van der Waals surface area contributed by atoms with Gasteiger partial charge in [-0.25, -0.2) is 0 Å². The van der Waals surface area contributed by atoms with Crippen LogP contribution in [0.4, 0.5) is 5.69 Å². The van der Waals surface area contributed by atoms with E-state index >= 15 is 0 Å². The Morgan fingerprint density at radius 3 is 2.56 bits per heavy atom. The second kappa shape index (κ2) is 7.34. The summed E-state index contributed by atoms with van der Waals surface area (Å²) in [5.41, 5.74) is 5.51. The maximum absolute atomic E-state index is 13.3. The lowest BCUT2D eigenvalue weighted by molar-refractivity contribution is -0.117. The zero-order chi connectivity index (χ0) is 19.0. The van der Waals surface area contributed by atoms with Crippen LogP contribution in [0.2, 0.25) is 0 Å². The molecule has 1 aliphatic heterocycles. The van der Waals surface area contributed by atoms with Crippen molar-refractivity contribution in [3.63, 3.8) is 0 Å². The van der Waals surface area contributed by atoms with Crippen molar-refractivity contribution >= 4 is 17.4 Å². The minimum absolute atomic E-state index is 0.0550. The summed E-state index contributed by atoms with van der Waals surface area (Å²) in [4.78, 5) is 26.2. The molecule has 4 heteroatoms. The van der Waals surface area contributed by atoms with Crippen LogP contribution in [-0.4, -0.2) is 11.7 Å². The predicted molar refractivity (Wildman–Crippen MR) is 107 cm³/mol. The Balaban J connectivity index is 1.71. The predicted octanol–water partition coefficient (Wildman–Crippen LogP) is 4.62. The number of rotatable bonds is 3. The first kappa shape index (κ1) is 18.0. The molecule has 1 amide bonds. The van der Waals surface area contributed by atoms with E-state index < -0.39 is 0 Å². The number of benzene rings is 1. The summed E-state index contributed by atoms with van der Waals surface area (Å²) in [5, 5.41) is 6.51. The third-order valence-electron chi connectivity index (χ3n) is 6.33. The first-order valence-electron chi connectivity index (χ1n) is 10.2. The van der Waals surface area contributed by atoms with Crippen LogP contribution in [0.15, 0.2) is 46.8 Å². The number of nitrogens with one attached hydrogen (secondary N) is 2. The zero-order valence-electron chi connectivity index (χ0n) is 16.2. The molecule has 1 aromatic rings. The average Bonchev–Trinajstić information content (AvgIpc) is 3.17. The van der Waals surface area contributed by atoms with E-state index in [4.69, 9.17) is 0 Å². The molecule has 0 saturated heterocycles. The zero-order valence-corrected chi connectivity index (χ0v) is 16.2. The smallest absolute Gasteiger partial charge is 0.253 e. The molecule has 1 unspecified atom stereocenters. The third-order valence-corrected chi connectivity index (χ3v) is 6.33. The summed E-state index contributed by atoms with van der Waals surface area (Å²) in [5.74, 6) is 0.498. The number of Topliss-reactive ketones (excluding diaryl/α,β-unsaturated/α-hetero) is 1.